The first-order chi connectivity index (χ1) is 7.52. The summed E-state index contributed by atoms with van der Waals surface area (Å²) in [5.41, 5.74) is -1.33. The molecule has 0 aliphatic heterocycles. The molecule has 1 N–H and O–H groups in total. The van der Waals surface area contributed by atoms with Crippen LogP contribution in [0.2, 0.25) is 0 Å². The molecule has 5 nitrogen and oxygen atoms in total. The number of carbonyl (C=O) groups is 2. The highest BCUT2D eigenvalue weighted by Gasteiger charge is 2.40. The second-order valence-corrected chi connectivity index (χ2v) is 3.54. The molecule has 0 spiro atoms. The van der Waals surface area contributed by atoms with E-state index in [2.05, 4.69) is 10.1 Å². The third-order valence-corrected chi connectivity index (χ3v) is 2.17. The van der Waals surface area contributed by atoms with Crippen molar-refractivity contribution in [3.63, 3.8) is 0 Å². The monoisotopic (exact) mass is 231 g/mol. The van der Waals surface area contributed by atoms with Crippen LogP contribution in [0.4, 0.5) is 0 Å². The second kappa shape index (κ2) is 7.22. The molecule has 0 radical (unpaired) electrons. The van der Waals surface area contributed by atoms with E-state index in [1.807, 2.05) is 6.92 Å². The highest BCUT2D eigenvalue weighted by molar-refractivity contribution is 5.85. The number of hydrogen-bond donors (Lipinski definition) is 1. The van der Waals surface area contributed by atoms with Gasteiger partial charge in [0.2, 0.25) is 11.6 Å². The van der Waals surface area contributed by atoms with Gasteiger partial charge < -0.3 is 14.8 Å². The molecule has 0 saturated heterocycles. The molecule has 0 bridgehead atoms. The summed E-state index contributed by atoms with van der Waals surface area (Å²) in [6.45, 7) is 5.45. The summed E-state index contributed by atoms with van der Waals surface area (Å²) in [5, 5.41) is 2.54. The lowest BCUT2D eigenvalue weighted by molar-refractivity contribution is -0.178. The SMILES string of the molecule is CCCCC(NC(C)=O)(OCC)C(=O)OC. The largest absolute Gasteiger partial charge is 0.465 e. The van der Waals surface area contributed by atoms with Crippen molar-refractivity contribution in [2.45, 2.75) is 45.8 Å². The van der Waals surface area contributed by atoms with Crippen LogP contribution in [0, 0.1) is 0 Å². The van der Waals surface area contributed by atoms with E-state index in [0.29, 0.717) is 13.0 Å². The molecule has 1 amide bonds. The molecular weight excluding hydrogens is 210 g/mol. The van der Waals surface area contributed by atoms with Crippen molar-refractivity contribution >= 4 is 11.9 Å². The fraction of sp³-hybridized carbons (Fsp3) is 0.818. The maximum absolute atomic E-state index is 11.7. The van der Waals surface area contributed by atoms with Gasteiger partial charge in [-0.25, -0.2) is 4.79 Å². The smallest absolute Gasteiger partial charge is 0.359 e. The van der Waals surface area contributed by atoms with Gasteiger partial charge in [-0.05, 0) is 13.3 Å². The van der Waals surface area contributed by atoms with Crippen molar-refractivity contribution in [3.8, 4) is 0 Å². The fourth-order valence-corrected chi connectivity index (χ4v) is 1.50. The van der Waals surface area contributed by atoms with Crippen molar-refractivity contribution < 1.29 is 19.1 Å². The Bertz CT molecular complexity index is 242. The predicted molar refractivity (Wildman–Crippen MR) is 59.7 cm³/mol. The maximum atomic E-state index is 11.7. The number of hydrogen-bond acceptors (Lipinski definition) is 4. The van der Waals surface area contributed by atoms with Crippen LogP contribution < -0.4 is 5.32 Å². The Morgan fingerprint density at radius 3 is 2.31 bits per heavy atom. The second-order valence-electron chi connectivity index (χ2n) is 3.54. The Morgan fingerprint density at radius 1 is 1.31 bits per heavy atom. The van der Waals surface area contributed by atoms with Gasteiger partial charge in [-0.2, -0.15) is 0 Å². The minimum atomic E-state index is -1.33. The number of methoxy groups -OCH3 is 1. The maximum Gasteiger partial charge on any atom is 0.359 e. The van der Waals surface area contributed by atoms with Gasteiger partial charge in [0.25, 0.3) is 0 Å². The van der Waals surface area contributed by atoms with E-state index in [0.717, 1.165) is 12.8 Å². The van der Waals surface area contributed by atoms with Crippen molar-refractivity contribution in [1.29, 1.82) is 0 Å². The molecule has 0 rings (SSSR count). The molecule has 1 unspecified atom stereocenters. The van der Waals surface area contributed by atoms with Crippen molar-refractivity contribution in [1.82, 2.24) is 5.32 Å². The lowest BCUT2D eigenvalue weighted by atomic mass is 10.1. The van der Waals surface area contributed by atoms with E-state index in [1.54, 1.807) is 6.92 Å². The van der Waals surface area contributed by atoms with Crippen LogP contribution in [0.1, 0.15) is 40.0 Å². The van der Waals surface area contributed by atoms with Gasteiger partial charge in [-0.15, -0.1) is 0 Å². The molecular formula is C11H21NO4. The standard InChI is InChI=1S/C11H21NO4/c1-5-7-8-11(16-6-2,10(14)15-4)12-9(3)13/h5-8H2,1-4H3,(H,12,13). The normalized spacial score (nSPS) is 14.0. The number of nitrogens with one attached hydrogen (secondary N) is 1. The first kappa shape index (κ1) is 14.9. The van der Waals surface area contributed by atoms with Crippen LogP contribution in [-0.4, -0.2) is 31.3 Å². The zero-order valence-corrected chi connectivity index (χ0v) is 10.5. The number of unbranched alkanes of at least 4 members (excludes halogenated alkanes) is 1. The van der Waals surface area contributed by atoms with E-state index in [4.69, 9.17) is 4.74 Å². The van der Waals surface area contributed by atoms with E-state index < -0.39 is 11.7 Å². The molecule has 0 aromatic rings. The van der Waals surface area contributed by atoms with Crippen LogP contribution >= 0.6 is 0 Å². The summed E-state index contributed by atoms with van der Waals surface area (Å²) in [6.07, 6.45) is 2.10. The van der Waals surface area contributed by atoms with Gasteiger partial charge in [0.05, 0.1) is 7.11 Å². The fourth-order valence-electron chi connectivity index (χ4n) is 1.50. The van der Waals surface area contributed by atoms with Gasteiger partial charge in [0.1, 0.15) is 0 Å². The third kappa shape index (κ3) is 4.18. The summed E-state index contributed by atoms with van der Waals surface area (Å²) < 4.78 is 10.1. The molecule has 0 aliphatic rings. The van der Waals surface area contributed by atoms with E-state index in [-0.39, 0.29) is 5.91 Å². The Balaban J connectivity index is 4.87. The van der Waals surface area contributed by atoms with Gasteiger partial charge >= 0.3 is 5.97 Å². The molecule has 0 saturated carbocycles. The van der Waals surface area contributed by atoms with Crippen molar-refractivity contribution in [3.05, 3.63) is 0 Å². The Hall–Kier alpha value is -1.10. The molecule has 16 heavy (non-hydrogen) atoms. The summed E-state index contributed by atoms with van der Waals surface area (Å²) in [4.78, 5) is 22.8. The minimum Gasteiger partial charge on any atom is -0.465 e. The number of carbonyl (C=O) groups excluding carboxylic acids is 2. The minimum absolute atomic E-state index is 0.310. The van der Waals surface area contributed by atoms with Crippen molar-refractivity contribution in [2.24, 2.45) is 0 Å². The van der Waals surface area contributed by atoms with Gasteiger partial charge in [0.15, 0.2) is 0 Å². The van der Waals surface area contributed by atoms with E-state index in [9.17, 15) is 9.59 Å². The van der Waals surface area contributed by atoms with Gasteiger partial charge in [-0.3, -0.25) is 4.79 Å². The predicted octanol–water partition coefficient (Wildman–Crippen LogP) is 1.22. The lowest BCUT2D eigenvalue weighted by Crippen LogP contribution is -2.56. The van der Waals surface area contributed by atoms with Crippen molar-refractivity contribution in [2.75, 3.05) is 13.7 Å². The first-order valence-corrected chi connectivity index (χ1v) is 5.53. The summed E-state index contributed by atoms with van der Waals surface area (Å²) >= 11 is 0. The lowest BCUT2D eigenvalue weighted by Gasteiger charge is -2.31. The molecule has 0 aliphatic carbocycles. The van der Waals surface area contributed by atoms with Crippen LogP contribution in [-0.2, 0) is 19.1 Å². The Kier molecular flexibility index (Phi) is 6.72. The van der Waals surface area contributed by atoms with Crippen LogP contribution in [0.5, 0.6) is 0 Å². The molecule has 0 aromatic heterocycles. The average Bonchev–Trinajstić information content (AvgIpc) is 2.24. The molecule has 0 aromatic carbocycles. The highest BCUT2D eigenvalue weighted by atomic mass is 16.6. The molecule has 94 valence electrons. The highest BCUT2D eigenvalue weighted by Crippen LogP contribution is 2.18. The van der Waals surface area contributed by atoms with E-state index >= 15 is 0 Å². The molecule has 5 heteroatoms. The first-order valence-electron chi connectivity index (χ1n) is 5.53. The van der Waals surface area contributed by atoms with E-state index in [1.165, 1.54) is 14.0 Å². The molecule has 0 fully saturated rings. The number of esters is 1. The zero-order chi connectivity index (χ0) is 12.6. The Labute approximate surface area is 96.5 Å². The number of rotatable bonds is 7. The molecule has 1 atom stereocenters. The third-order valence-electron chi connectivity index (χ3n) is 2.17. The summed E-state index contributed by atoms with van der Waals surface area (Å²) in [6, 6.07) is 0. The average molecular weight is 231 g/mol. The number of amides is 1. The zero-order valence-electron chi connectivity index (χ0n) is 10.5. The quantitative estimate of drug-likeness (QED) is 0.528. The summed E-state index contributed by atoms with van der Waals surface area (Å²) in [7, 11) is 1.28. The topological polar surface area (TPSA) is 64.6 Å². The number of ether oxygens (including phenoxy) is 2. The van der Waals surface area contributed by atoms with Crippen LogP contribution in [0.3, 0.4) is 0 Å². The summed E-state index contributed by atoms with van der Waals surface area (Å²) in [5.74, 6) is -0.868. The van der Waals surface area contributed by atoms with Crippen LogP contribution in [0.15, 0.2) is 0 Å². The van der Waals surface area contributed by atoms with Gasteiger partial charge in [0, 0.05) is 20.0 Å². The molecule has 0 heterocycles. The van der Waals surface area contributed by atoms with Gasteiger partial charge in [-0.1, -0.05) is 13.3 Å². The Morgan fingerprint density at radius 2 is 1.94 bits per heavy atom. The van der Waals surface area contributed by atoms with Crippen LogP contribution in [0.25, 0.3) is 0 Å².